The summed E-state index contributed by atoms with van der Waals surface area (Å²) in [6, 6.07) is 0. The standard InChI is InChI=1S/C9H16BrNO3S2/c1-2-16(13,14)9-7-15-6-5-11(9)8(12)3-4-10/h9H,2-7H2,1H3. The van der Waals surface area contributed by atoms with E-state index >= 15 is 0 Å². The number of amides is 1. The molecule has 0 N–H and O–H groups in total. The van der Waals surface area contributed by atoms with E-state index in [0.717, 1.165) is 5.75 Å². The number of rotatable bonds is 4. The van der Waals surface area contributed by atoms with Gasteiger partial charge in [0, 0.05) is 35.6 Å². The van der Waals surface area contributed by atoms with Crippen molar-refractivity contribution in [3.8, 4) is 0 Å². The van der Waals surface area contributed by atoms with Crippen LogP contribution in [-0.4, -0.2) is 53.7 Å². The maximum Gasteiger partial charge on any atom is 0.224 e. The molecule has 1 amide bonds. The summed E-state index contributed by atoms with van der Waals surface area (Å²) in [7, 11) is -3.16. The molecule has 0 aliphatic carbocycles. The highest BCUT2D eigenvalue weighted by Crippen LogP contribution is 2.22. The maximum atomic E-state index is 11.9. The van der Waals surface area contributed by atoms with Gasteiger partial charge in [0.1, 0.15) is 5.37 Å². The molecule has 0 radical (unpaired) electrons. The number of halogens is 1. The summed E-state index contributed by atoms with van der Waals surface area (Å²) in [5.41, 5.74) is 0. The van der Waals surface area contributed by atoms with Crippen LogP contribution in [0.3, 0.4) is 0 Å². The summed E-state index contributed by atoms with van der Waals surface area (Å²) in [6.07, 6.45) is 0.362. The molecule has 1 heterocycles. The molecule has 16 heavy (non-hydrogen) atoms. The molecule has 1 unspecified atom stereocenters. The van der Waals surface area contributed by atoms with Gasteiger partial charge in [-0.15, -0.1) is 0 Å². The highest BCUT2D eigenvalue weighted by Gasteiger charge is 2.35. The van der Waals surface area contributed by atoms with Crippen LogP contribution in [0, 0.1) is 0 Å². The summed E-state index contributed by atoms with van der Waals surface area (Å²) >= 11 is 4.80. The average Bonchev–Trinajstić information content (AvgIpc) is 2.29. The number of hydrogen-bond donors (Lipinski definition) is 0. The van der Waals surface area contributed by atoms with Crippen molar-refractivity contribution >= 4 is 43.4 Å². The van der Waals surface area contributed by atoms with E-state index in [2.05, 4.69) is 15.9 Å². The minimum Gasteiger partial charge on any atom is -0.324 e. The predicted molar refractivity (Wildman–Crippen MR) is 70.7 cm³/mol. The van der Waals surface area contributed by atoms with Crippen LogP contribution in [0.5, 0.6) is 0 Å². The van der Waals surface area contributed by atoms with E-state index < -0.39 is 15.2 Å². The zero-order valence-corrected chi connectivity index (χ0v) is 12.4. The fraction of sp³-hybridized carbons (Fsp3) is 0.889. The second-order valence-electron chi connectivity index (χ2n) is 3.51. The van der Waals surface area contributed by atoms with Crippen molar-refractivity contribution in [3.05, 3.63) is 0 Å². The first-order valence-electron chi connectivity index (χ1n) is 5.17. The summed E-state index contributed by atoms with van der Waals surface area (Å²) in [5.74, 6) is 1.35. The largest absolute Gasteiger partial charge is 0.324 e. The van der Waals surface area contributed by atoms with Gasteiger partial charge in [0.2, 0.25) is 5.91 Å². The maximum absolute atomic E-state index is 11.9. The minimum atomic E-state index is -3.16. The monoisotopic (exact) mass is 329 g/mol. The van der Waals surface area contributed by atoms with E-state index in [1.165, 1.54) is 4.90 Å². The summed E-state index contributed by atoms with van der Waals surface area (Å²) < 4.78 is 23.7. The zero-order chi connectivity index (χ0) is 12.2. The quantitative estimate of drug-likeness (QED) is 0.725. The molecular weight excluding hydrogens is 314 g/mol. The molecule has 0 spiro atoms. The lowest BCUT2D eigenvalue weighted by Gasteiger charge is -2.34. The molecule has 1 aliphatic rings. The van der Waals surface area contributed by atoms with Gasteiger partial charge in [0.25, 0.3) is 0 Å². The first-order chi connectivity index (χ1) is 7.53. The van der Waals surface area contributed by atoms with Crippen LogP contribution in [0.1, 0.15) is 13.3 Å². The molecule has 0 aromatic heterocycles. The Morgan fingerprint density at radius 1 is 1.56 bits per heavy atom. The second kappa shape index (κ2) is 6.26. The highest BCUT2D eigenvalue weighted by atomic mass is 79.9. The number of sulfone groups is 1. The normalized spacial score (nSPS) is 22.1. The number of hydrogen-bond acceptors (Lipinski definition) is 4. The van der Waals surface area contributed by atoms with Crippen molar-refractivity contribution in [2.45, 2.75) is 18.7 Å². The Kier molecular flexibility index (Phi) is 5.60. The Morgan fingerprint density at radius 2 is 2.25 bits per heavy atom. The smallest absolute Gasteiger partial charge is 0.224 e. The molecule has 0 aromatic carbocycles. The second-order valence-corrected chi connectivity index (χ2v) is 7.90. The van der Waals surface area contributed by atoms with Crippen LogP contribution < -0.4 is 0 Å². The van der Waals surface area contributed by atoms with Gasteiger partial charge in [-0.1, -0.05) is 22.9 Å². The van der Waals surface area contributed by atoms with Crippen LogP contribution >= 0.6 is 27.7 Å². The number of thioether (sulfide) groups is 1. The van der Waals surface area contributed by atoms with E-state index in [9.17, 15) is 13.2 Å². The van der Waals surface area contributed by atoms with E-state index in [-0.39, 0.29) is 11.7 Å². The van der Waals surface area contributed by atoms with E-state index in [4.69, 9.17) is 0 Å². The number of nitrogens with zero attached hydrogens (tertiary/aromatic N) is 1. The third kappa shape index (κ3) is 3.37. The van der Waals surface area contributed by atoms with Crippen LogP contribution in [0.4, 0.5) is 0 Å². The van der Waals surface area contributed by atoms with Gasteiger partial charge in [0.15, 0.2) is 9.84 Å². The summed E-state index contributed by atoms with van der Waals surface area (Å²) in [5, 5.41) is -0.0447. The SMILES string of the molecule is CCS(=O)(=O)C1CSCCN1C(=O)CCBr. The average molecular weight is 330 g/mol. The van der Waals surface area contributed by atoms with Crippen molar-refractivity contribution in [1.82, 2.24) is 4.90 Å². The lowest BCUT2D eigenvalue weighted by Crippen LogP contribution is -2.50. The van der Waals surface area contributed by atoms with E-state index in [0.29, 0.717) is 24.0 Å². The van der Waals surface area contributed by atoms with Crippen molar-refractivity contribution in [1.29, 1.82) is 0 Å². The van der Waals surface area contributed by atoms with Gasteiger partial charge in [-0.2, -0.15) is 11.8 Å². The molecule has 1 atom stereocenters. The Morgan fingerprint density at radius 3 is 2.81 bits per heavy atom. The molecule has 0 aromatic rings. The molecule has 4 nitrogen and oxygen atoms in total. The predicted octanol–water partition coefficient (Wildman–Crippen LogP) is 1.11. The highest BCUT2D eigenvalue weighted by molar-refractivity contribution is 9.09. The lowest BCUT2D eigenvalue weighted by molar-refractivity contribution is -0.131. The van der Waals surface area contributed by atoms with Gasteiger partial charge < -0.3 is 4.90 Å². The van der Waals surface area contributed by atoms with Crippen molar-refractivity contribution in [2.75, 3.05) is 29.1 Å². The third-order valence-corrected chi connectivity index (χ3v) is 6.22. The van der Waals surface area contributed by atoms with Gasteiger partial charge in [-0.3, -0.25) is 4.79 Å². The molecule has 94 valence electrons. The fourth-order valence-electron chi connectivity index (χ4n) is 1.58. The fourth-order valence-corrected chi connectivity index (χ4v) is 4.91. The Balaban J connectivity index is 2.83. The molecule has 1 rings (SSSR count). The Labute approximate surface area is 109 Å². The third-order valence-electron chi connectivity index (χ3n) is 2.53. The molecule has 7 heteroatoms. The molecule has 1 saturated heterocycles. The molecule has 0 bridgehead atoms. The zero-order valence-electron chi connectivity index (χ0n) is 9.19. The molecule has 1 fully saturated rings. The van der Waals surface area contributed by atoms with Gasteiger partial charge in [-0.05, 0) is 0 Å². The van der Waals surface area contributed by atoms with Crippen molar-refractivity contribution in [3.63, 3.8) is 0 Å². The van der Waals surface area contributed by atoms with Crippen molar-refractivity contribution in [2.24, 2.45) is 0 Å². The summed E-state index contributed by atoms with van der Waals surface area (Å²) in [6.45, 7) is 2.17. The summed E-state index contributed by atoms with van der Waals surface area (Å²) in [4.78, 5) is 13.3. The topological polar surface area (TPSA) is 54.5 Å². The molecule has 0 saturated carbocycles. The van der Waals surface area contributed by atoms with Crippen LogP contribution in [0.15, 0.2) is 0 Å². The number of carbonyl (C=O) groups excluding carboxylic acids is 1. The van der Waals surface area contributed by atoms with Crippen molar-refractivity contribution < 1.29 is 13.2 Å². The number of carbonyl (C=O) groups is 1. The van der Waals surface area contributed by atoms with Crippen LogP contribution in [0.2, 0.25) is 0 Å². The van der Waals surface area contributed by atoms with Crippen LogP contribution in [-0.2, 0) is 14.6 Å². The van der Waals surface area contributed by atoms with E-state index in [1.807, 2.05) is 0 Å². The lowest BCUT2D eigenvalue weighted by atomic mass is 10.4. The first kappa shape index (κ1) is 14.3. The Bertz CT molecular complexity index is 345. The van der Waals surface area contributed by atoms with Crippen LogP contribution in [0.25, 0.3) is 0 Å². The molecular formula is C9H16BrNO3S2. The van der Waals surface area contributed by atoms with Gasteiger partial charge in [-0.25, -0.2) is 8.42 Å². The van der Waals surface area contributed by atoms with Gasteiger partial charge in [0.05, 0.1) is 0 Å². The Hall–Kier alpha value is 0.250. The number of alkyl halides is 1. The van der Waals surface area contributed by atoms with E-state index in [1.54, 1.807) is 18.7 Å². The van der Waals surface area contributed by atoms with Gasteiger partial charge >= 0.3 is 0 Å². The minimum absolute atomic E-state index is 0.0702. The first-order valence-corrected chi connectivity index (χ1v) is 9.16. The molecule has 1 aliphatic heterocycles.